The lowest BCUT2D eigenvalue weighted by molar-refractivity contribution is 0.464. The molecule has 0 aromatic carbocycles. The highest BCUT2D eigenvalue weighted by Crippen LogP contribution is 2.18. The van der Waals surface area contributed by atoms with E-state index < -0.39 is 0 Å². The molecule has 0 radical (unpaired) electrons. The van der Waals surface area contributed by atoms with Gasteiger partial charge in [0, 0.05) is 36.5 Å². The lowest BCUT2D eigenvalue weighted by atomic mass is 10.2. The normalized spacial score (nSPS) is 11.3. The van der Waals surface area contributed by atoms with Crippen LogP contribution in [0.25, 0.3) is 0 Å². The molecule has 0 fully saturated rings. The van der Waals surface area contributed by atoms with E-state index in [1.807, 2.05) is 31.6 Å². The van der Waals surface area contributed by atoms with E-state index in [9.17, 15) is 4.39 Å². The van der Waals surface area contributed by atoms with Crippen molar-refractivity contribution in [2.75, 3.05) is 5.32 Å². The Labute approximate surface area is 118 Å². The van der Waals surface area contributed by atoms with Crippen LogP contribution in [0.1, 0.15) is 43.6 Å². The van der Waals surface area contributed by atoms with E-state index in [-0.39, 0.29) is 5.95 Å². The van der Waals surface area contributed by atoms with Crippen molar-refractivity contribution < 1.29 is 4.39 Å². The van der Waals surface area contributed by atoms with Gasteiger partial charge in [-0.25, -0.2) is 4.68 Å². The molecular formula is C14H22FN5. The predicted octanol–water partition coefficient (Wildman–Crippen LogP) is 3.05. The number of aryl methyl sites for hydroxylation is 3. The van der Waals surface area contributed by atoms with Gasteiger partial charge in [-0.15, -0.1) is 0 Å². The van der Waals surface area contributed by atoms with Gasteiger partial charge >= 0.3 is 0 Å². The van der Waals surface area contributed by atoms with Gasteiger partial charge in [0.2, 0.25) is 5.95 Å². The second kappa shape index (κ2) is 5.64. The van der Waals surface area contributed by atoms with E-state index >= 15 is 0 Å². The fraction of sp³-hybridized carbons (Fsp3) is 0.571. The summed E-state index contributed by atoms with van der Waals surface area (Å²) in [7, 11) is 0. The summed E-state index contributed by atoms with van der Waals surface area (Å²) in [6.45, 7) is 10.8. The summed E-state index contributed by atoms with van der Waals surface area (Å²) < 4.78 is 17.3. The molecule has 0 spiro atoms. The van der Waals surface area contributed by atoms with Gasteiger partial charge in [0.25, 0.3) is 0 Å². The number of nitrogens with one attached hydrogen (secondary N) is 1. The van der Waals surface area contributed by atoms with Crippen molar-refractivity contribution in [3.05, 3.63) is 29.0 Å². The highest BCUT2D eigenvalue weighted by Gasteiger charge is 2.15. The third kappa shape index (κ3) is 2.69. The zero-order valence-corrected chi connectivity index (χ0v) is 12.7. The average molecular weight is 279 g/mol. The fourth-order valence-corrected chi connectivity index (χ4v) is 2.09. The van der Waals surface area contributed by atoms with Crippen molar-refractivity contribution in [2.45, 2.75) is 53.8 Å². The second-order valence-corrected chi connectivity index (χ2v) is 5.26. The fourth-order valence-electron chi connectivity index (χ4n) is 2.09. The minimum Gasteiger partial charge on any atom is -0.364 e. The molecule has 5 nitrogen and oxygen atoms in total. The number of aromatic nitrogens is 4. The summed E-state index contributed by atoms with van der Waals surface area (Å²) in [6, 6.07) is 0.311. The van der Waals surface area contributed by atoms with Crippen LogP contribution in [-0.4, -0.2) is 19.6 Å². The van der Waals surface area contributed by atoms with Crippen LogP contribution in [0, 0.1) is 19.8 Å². The minimum atomic E-state index is -0.265. The highest BCUT2D eigenvalue weighted by atomic mass is 19.1. The van der Waals surface area contributed by atoms with E-state index in [2.05, 4.69) is 29.4 Å². The lowest BCUT2D eigenvalue weighted by Crippen LogP contribution is -2.06. The van der Waals surface area contributed by atoms with Crippen LogP contribution in [0.5, 0.6) is 0 Å². The summed E-state index contributed by atoms with van der Waals surface area (Å²) in [5.41, 5.74) is 2.38. The number of hydrogen-bond acceptors (Lipinski definition) is 3. The highest BCUT2D eigenvalue weighted by molar-refractivity contribution is 5.42. The van der Waals surface area contributed by atoms with E-state index in [0.29, 0.717) is 24.7 Å². The van der Waals surface area contributed by atoms with E-state index in [1.54, 1.807) is 0 Å². The van der Waals surface area contributed by atoms with E-state index in [4.69, 9.17) is 0 Å². The molecule has 0 aliphatic rings. The summed E-state index contributed by atoms with van der Waals surface area (Å²) >= 11 is 0. The maximum absolute atomic E-state index is 14.1. The summed E-state index contributed by atoms with van der Waals surface area (Å²) in [5, 5.41) is 11.8. The van der Waals surface area contributed by atoms with Crippen molar-refractivity contribution in [1.29, 1.82) is 0 Å². The molecule has 1 N–H and O–H groups in total. The zero-order valence-electron chi connectivity index (χ0n) is 12.7. The predicted molar refractivity (Wildman–Crippen MR) is 77.3 cm³/mol. The number of nitrogens with zero attached hydrogens (tertiary/aromatic N) is 4. The Hall–Kier alpha value is -1.85. The molecular weight excluding hydrogens is 257 g/mol. The van der Waals surface area contributed by atoms with Crippen LogP contribution in [0.15, 0.2) is 6.20 Å². The number of halogens is 1. The third-order valence-electron chi connectivity index (χ3n) is 3.36. The first-order valence-corrected chi connectivity index (χ1v) is 6.95. The van der Waals surface area contributed by atoms with Crippen molar-refractivity contribution >= 4 is 5.82 Å². The Morgan fingerprint density at radius 2 is 2.00 bits per heavy atom. The standard InChI is InChI=1S/C14H22FN5/c1-6-19-13(15)12(11(5)17-19)7-16-14-10(4)8-20(18-14)9(2)3/h8-9H,6-7H2,1-5H3,(H,16,18). The minimum absolute atomic E-state index is 0.265. The largest absolute Gasteiger partial charge is 0.364 e. The molecule has 6 heteroatoms. The van der Waals surface area contributed by atoms with Gasteiger partial charge in [0.1, 0.15) is 0 Å². The molecule has 0 unspecified atom stereocenters. The number of hydrogen-bond donors (Lipinski definition) is 1. The molecule has 110 valence electrons. The van der Waals surface area contributed by atoms with Crippen molar-refractivity contribution in [3.8, 4) is 0 Å². The lowest BCUT2D eigenvalue weighted by Gasteiger charge is -2.05. The number of rotatable bonds is 5. The molecule has 0 aliphatic carbocycles. The van der Waals surface area contributed by atoms with Gasteiger partial charge < -0.3 is 5.32 Å². The molecule has 2 rings (SSSR count). The van der Waals surface area contributed by atoms with Crippen LogP contribution >= 0.6 is 0 Å². The first-order valence-electron chi connectivity index (χ1n) is 6.95. The van der Waals surface area contributed by atoms with Crippen LogP contribution in [0.3, 0.4) is 0 Å². The number of anilines is 1. The van der Waals surface area contributed by atoms with Gasteiger partial charge in [-0.3, -0.25) is 4.68 Å². The Morgan fingerprint density at radius 1 is 1.30 bits per heavy atom. The van der Waals surface area contributed by atoms with Crippen molar-refractivity contribution in [3.63, 3.8) is 0 Å². The monoisotopic (exact) mass is 279 g/mol. The summed E-state index contributed by atoms with van der Waals surface area (Å²) in [4.78, 5) is 0. The molecule has 0 saturated carbocycles. The Kier molecular flexibility index (Phi) is 4.11. The molecule has 0 bridgehead atoms. The van der Waals surface area contributed by atoms with Crippen molar-refractivity contribution in [1.82, 2.24) is 19.6 Å². The Balaban J connectivity index is 2.15. The van der Waals surface area contributed by atoms with Crippen LogP contribution in [0.4, 0.5) is 10.2 Å². The van der Waals surface area contributed by atoms with Crippen LogP contribution in [-0.2, 0) is 13.1 Å². The van der Waals surface area contributed by atoms with Crippen molar-refractivity contribution in [2.24, 2.45) is 0 Å². The third-order valence-corrected chi connectivity index (χ3v) is 3.36. The maximum Gasteiger partial charge on any atom is 0.216 e. The quantitative estimate of drug-likeness (QED) is 0.915. The Bertz CT molecular complexity index is 597. The second-order valence-electron chi connectivity index (χ2n) is 5.26. The first kappa shape index (κ1) is 14.6. The topological polar surface area (TPSA) is 47.7 Å². The summed E-state index contributed by atoms with van der Waals surface area (Å²) in [6.07, 6.45) is 1.99. The van der Waals surface area contributed by atoms with Crippen LogP contribution in [0.2, 0.25) is 0 Å². The summed E-state index contributed by atoms with van der Waals surface area (Å²) in [5.74, 6) is 0.528. The van der Waals surface area contributed by atoms with Gasteiger partial charge in [-0.05, 0) is 34.6 Å². The van der Waals surface area contributed by atoms with Gasteiger partial charge in [-0.1, -0.05) is 0 Å². The molecule has 0 saturated heterocycles. The molecule has 2 aromatic rings. The molecule has 20 heavy (non-hydrogen) atoms. The van der Waals surface area contributed by atoms with Gasteiger partial charge in [0.05, 0.1) is 5.69 Å². The SMILES string of the molecule is CCn1nc(C)c(CNc2nn(C(C)C)cc2C)c1F. The van der Waals surface area contributed by atoms with E-state index in [0.717, 1.165) is 17.1 Å². The first-order chi connectivity index (χ1) is 9.43. The zero-order chi connectivity index (χ0) is 14.9. The average Bonchev–Trinajstić information content (AvgIpc) is 2.89. The molecule has 0 aliphatic heterocycles. The van der Waals surface area contributed by atoms with E-state index in [1.165, 1.54) is 4.68 Å². The maximum atomic E-state index is 14.1. The molecule has 2 aromatic heterocycles. The Morgan fingerprint density at radius 3 is 2.50 bits per heavy atom. The van der Waals surface area contributed by atoms with Crippen LogP contribution < -0.4 is 5.32 Å². The molecule has 0 atom stereocenters. The van der Waals surface area contributed by atoms with Gasteiger partial charge in [0.15, 0.2) is 5.82 Å². The molecule has 0 amide bonds. The van der Waals surface area contributed by atoms with Gasteiger partial charge in [-0.2, -0.15) is 14.6 Å². The smallest absolute Gasteiger partial charge is 0.216 e. The molecule has 2 heterocycles.